The van der Waals surface area contributed by atoms with E-state index in [9.17, 15) is 4.79 Å². The van der Waals surface area contributed by atoms with E-state index >= 15 is 0 Å². The molecule has 1 saturated carbocycles. The van der Waals surface area contributed by atoms with E-state index in [1.807, 2.05) is 24.0 Å². The zero-order valence-corrected chi connectivity index (χ0v) is 12.6. The molecule has 2 N–H and O–H groups in total. The van der Waals surface area contributed by atoms with E-state index in [1.54, 1.807) is 0 Å². The number of hydrogen-bond acceptors (Lipinski definition) is 3. The van der Waals surface area contributed by atoms with Gasteiger partial charge in [0.1, 0.15) is 0 Å². The Morgan fingerprint density at radius 2 is 2.25 bits per heavy atom. The third-order valence-electron chi connectivity index (χ3n) is 3.79. The maximum absolute atomic E-state index is 11.8. The first-order chi connectivity index (χ1) is 9.63. The number of amides is 1. The molecule has 0 aromatic carbocycles. The second kappa shape index (κ2) is 7.43. The van der Waals surface area contributed by atoms with Gasteiger partial charge in [-0.1, -0.05) is 12.8 Å². The van der Waals surface area contributed by atoms with Gasteiger partial charge < -0.3 is 10.6 Å². The fourth-order valence-corrected chi connectivity index (χ4v) is 2.71. The van der Waals surface area contributed by atoms with Gasteiger partial charge in [0, 0.05) is 31.2 Å². The molecule has 0 spiro atoms. The first-order valence-electron chi connectivity index (χ1n) is 7.65. The molecule has 112 valence electrons. The fraction of sp³-hybridized carbons (Fsp3) is 0.733. The molecule has 1 unspecified atom stereocenters. The van der Waals surface area contributed by atoms with Gasteiger partial charge in [-0.25, -0.2) is 0 Å². The average Bonchev–Trinajstić information content (AvgIpc) is 3.01. The van der Waals surface area contributed by atoms with Crippen molar-refractivity contribution in [2.45, 2.75) is 64.6 Å². The molecule has 0 aliphatic heterocycles. The summed E-state index contributed by atoms with van der Waals surface area (Å²) in [6.07, 6.45) is 9.25. The number of hydrogen-bond donors (Lipinski definition) is 2. The molecule has 20 heavy (non-hydrogen) atoms. The number of aromatic nitrogens is 2. The highest BCUT2D eigenvalue weighted by atomic mass is 16.1. The van der Waals surface area contributed by atoms with Gasteiger partial charge in [-0.05, 0) is 32.3 Å². The minimum Gasteiger partial charge on any atom is -0.353 e. The average molecular weight is 278 g/mol. The SMILES string of the molecule is Cc1cnn(CC(C)NCCC(=O)NC2CCCC2)c1. The minimum atomic E-state index is 0.173. The number of carbonyl (C=O) groups is 1. The quantitative estimate of drug-likeness (QED) is 0.797. The summed E-state index contributed by atoms with van der Waals surface area (Å²) in [4.78, 5) is 11.8. The lowest BCUT2D eigenvalue weighted by Crippen LogP contribution is -2.37. The van der Waals surface area contributed by atoms with Crippen molar-refractivity contribution in [3.63, 3.8) is 0 Å². The number of aryl methyl sites for hydroxylation is 1. The Balaban J connectivity index is 1.58. The van der Waals surface area contributed by atoms with Crippen LogP contribution in [0.5, 0.6) is 0 Å². The van der Waals surface area contributed by atoms with Gasteiger partial charge in [0.2, 0.25) is 5.91 Å². The summed E-state index contributed by atoms with van der Waals surface area (Å²) >= 11 is 0. The Hall–Kier alpha value is -1.36. The molecule has 1 amide bonds. The first-order valence-corrected chi connectivity index (χ1v) is 7.65. The van der Waals surface area contributed by atoms with Crippen molar-refractivity contribution in [3.8, 4) is 0 Å². The van der Waals surface area contributed by atoms with Crippen LogP contribution in [0.3, 0.4) is 0 Å². The van der Waals surface area contributed by atoms with Gasteiger partial charge in [0.15, 0.2) is 0 Å². The Kier molecular flexibility index (Phi) is 5.59. The maximum Gasteiger partial charge on any atom is 0.221 e. The highest BCUT2D eigenvalue weighted by molar-refractivity contribution is 5.76. The third-order valence-corrected chi connectivity index (χ3v) is 3.79. The van der Waals surface area contributed by atoms with Crippen LogP contribution in [0.4, 0.5) is 0 Å². The van der Waals surface area contributed by atoms with Gasteiger partial charge in [-0.2, -0.15) is 5.10 Å². The normalized spacial score (nSPS) is 17.3. The topological polar surface area (TPSA) is 59.0 Å². The van der Waals surface area contributed by atoms with Crippen molar-refractivity contribution in [1.82, 2.24) is 20.4 Å². The van der Waals surface area contributed by atoms with Gasteiger partial charge in [0.05, 0.1) is 12.7 Å². The predicted octanol–water partition coefficient (Wildman–Crippen LogP) is 1.62. The van der Waals surface area contributed by atoms with E-state index in [2.05, 4.69) is 22.7 Å². The van der Waals surface area contributed by atoms with Crippen LogP contribution in [0.2, 0.25) is 0 Å². The maximum atomic E-state index is 11.8. The van der Waals surface area contributed by atoms with Crippen LogP contribution in [0, 0.1) is 6.92 Å². The van der Waals surface area contributed by atoms with Crippen LogP contribution in [0.15, 0.2) is 12.4 Å². The molecule has 1 fully saturated rings. The zero-order chi connectivity index (χ0) is 14.4. The highest BCUT2D eigenvalue weighted by Gasteiger charge is 2.16. The summed E-state index contributed by atoms with van der Waals surface area (Å²) in [5, 5.41) is 10.7. The highest BCUT2D eigenvalue weighted by Crippen LogP contribution is 2.17. The minimum absolute atomic E-state index is 0.173. The first kappa shape index (κ1) is 15.0. The molecule has 1 aromatic rings. The summed E-state index contributed by atoms with van der Waals surface area (Å²) in [5.74, 6) is 0.173. The van der Waals surface area contributed by atoms with Crippen molar-refractivity contribution in [3.05, 3.63) is 18.0 Å². The third kappa shape index (κ3) is 4.96. The van der Waals surface area contributed by atoms with Gasteiger partial charge in [0.25, 0.3) is 0 Å². The van der Waals surface area contributed by atoms with E-state index in [0.29, 0.717) is 18.5 Å². The molecule has 0 radical (unpaired) electrons. The van der Waals surface area contributed by atoms with E-state index < -0.39 is 0 Å². The van der Waals surface area contributed by atoms with E-state index in [0.717, 1.165) is 25.9 Å². The largest absolute Gasteiger partial charge is 0.353 e. The second-order valence-electron chi connectivity index (χ2n) is 5.89. The summed E-state index contributed by atoms with van der Waals surface area (Å²) in [6, 6.07) is 0.737. The van der Waals surface area contributed by atoms with E-state index in [-0.39, 0.29) is 5.91 Å². The zero-order valence-electron chi connectivity index (χ0n) is 12.6. The second-order valence-corrected chi connectivity index (χ2v) is 5.89. The summed E-state index contributed by atoms with van der Waals surface area (Å²) in [5.41, 5.74) is 1.17. The number of nitrogens with zero attached hydrogens (tertiary/aromatic N) is 2. The fourth-order valence-electron chi connectivity index (χ4n) is 2.71. The lowest BCUT2D eigenvalue weighted by atomic mass is 10.2. The molecular formula is C15H26N4O. The van der Waals surface area contributed by atoms with Crippen LogP contribution < -0.4 is 10.6 Å². The summed E-state index contributed by atoms with van der Waals surface area (Å²) < 4.78 is 1.94. The molecule has 0 bridgehead atoms. The molecule has 1 aromatic heterocycles. The summed E-state index contributed by atoms with van der Waals surface area (Å²) in [7, 11) is 0. The number of nitrogens with one attached hydrogen (secondary N) is 2. The summed E-state index contributed by atoms with van der Waals surface area (Å²) in [6.45, 7) is 5.71. The van der Waals surface area contributed by atoms with Gasteiger partial charge >= 0.3 is 0 Å². The van der Waals surface area contributed by atoms with Crippen LogP contribution in [-0.2, 0) is 11.3 Å². The monoisotopic (exact) mass is 278 g/mol. The Morgan fingerprint density at radius 3 is 2.90 bits per heavy atom. The molecule has 1 aliphatic rings. The molecular weight excluding hydrogens is 252 g/mol. The van der Waals surface area contributed by atoms with Crippen LogP contribution >= 0.6 is 0 Å². The number of carbonyl (C=O) groups excluding carboxylic acids is 1. The molecule has 0 saturated heterocycles. The van der Waals surface area contributed by atoms with Crippen LogP contribution in [-0.4, -0.2) is 34.3 Å². The predicted molar refractivity (Wildman–Crippen MR) is 79.4 cm³/mol. The van der Waals surface area contributed by atoms with E-state index in [4.69, 9.17) is 0 Å². The van der Waals surface area contributed by atoms with Crippen LogP contribution in [0.1, 0.15) is 44.6 Å². The smallest absolute Gasteiger partial charge is 0.221 e. The van der Waals surface area contributed by atoms with Crippen molar-refractivity contribution in [1.29, 1.82) is 0 Å². The van der Waals surface area contributed by atoms with Crippen LogP contribution in [0.25, 0.3) is 0 Å². The molecule has 5 heteroatoms. The molecule has 5 nitrogen and oxygen atoms in total. The van der Waals surface area contributed by atoms with Crippen molar-refractivity contribution < 1.29 is 4.79 Å². The van der Waals surface area contributed by atoms with Gasteiger partial charge in [-0.3, -0.25) is 9.48 Å². The molecule has 2 rings (SSSR count). The van der Waals surface area contributed by atoms with Crippen molar-refractivity contribution in [2.24, 2.45) is 0 Å². The Labute approximate surface area is 121 Å². The molecule has 1 heterocycles. The standard InChI is InChI=1S/C15H26N4O/c1-12-9-17-19(10-12)11-13(2)16-8-7-15(20)18-14-5-3-4-6-14/h9-10,13-14,16H,3-8,11H2,1-2H3,(H,18,20). The lowest BCUT2D eigenvalue weighted by Gasteiger charge is -2.15. The Bertz CT molecular complexity index is 423. The van der Waals surface area contributed by atoms with E-state index in [1.165, 1.54) is 18.4 Å². The van der Waals surface area contributed by atoms with Crippen molar-refractivity contribution >= 4 is 5.91 Å². The Morgan fingerprint density at radius 1 is 1.50 bits per heavy atom. The number of rotatable bonds is 7. The molecule has 1 aliphatic carbocycles. The molecule has 1 atom stereocenters. The van der Waals surface area contributed by atoms with Gasteiger partial charge in [-0.15, -0.1) is 0 Å². The van der Waals surface area contributed by atoms with Crippen molar-refractivity contribution in [2.75, 3.05) is 6.54 Å². The lowest BCUT2D eigenvalue weighted by molar-refractivity contribution is -0.121.